The van der Waals surface area contributed by atoms with Crippen molar-refractivity contribution in [1.82, 2.24) is 4.98 Å². The Balaban J connectivity index is 2.87. The normalized spacial score (nSPS) is 11.8. The quantitative estimate of drug-likeness (QED) is 0.756. The first-order chi connectivity index (χ1) is 7.95. The maximum atomic E-state index is 6.28. The van der Waals surface area contributed by atoms with E-state index in [1.807, 2.05) is 18.2 Å². The fraction of sp³-hybridized carbons (Fsp3) is 0.357. The third kappa shape index (κ3) is 2.09. The second-order valence-electron chi connectivity index (χ2n) is 5.09. The number of benzene rings is 1. The largest absolute Gasteiger partial charge is 0.494 e. The summed E-state index contributed by atoms with van der Waals surface area (Å²) in [6, 6.07) is 5.92. The average molecular weight is 250 g/mol. The lowest BCUT2D eigenvalue weighted by Crippen LogP contribution is -2.13. The molecule has 0 bridgehead atoms. The summed E-state index contributed by atoms with van der Waals surface area (Å²) in [6.45, 7) is 6.44. The van der Waals surface area contributed by atoms with Crippen LogP contribution < -0.4 is 4.74 Å². The van der Waals surface area contributed by atoms with E-state index < -0.39 is 0 Å². The van der Waals surface area contributed by atoms with Gasteiger partial charge in [0.2, 0.25) is 0 Å². The van der Waals surface area contributed by atoms with Gasteiger partial charge in [0.1, 0.15) is 11.3 Å². The second-order valence-corrected chi connectivity index (χ2v) is 5.49. The van der Waals surface area contributed by atoms with E-state index in [9.17, 15) is 0 Å². The monoisotopic (exact) mass is 249 g/mol. The van der Waals surface area contributed by atoms with Crippen LogP contribution in [0.4, 0.5) is 0 Å². The standard InChI is InChI=1S/C14H16ClNO/c1-14(2,3)12-9-6-5-7-11(17-4)13(9)16-8-10(12)15/h5-8H,1-4H3. The van der Waals surface area contributed by atoms with Crippen molar-refractivity contribution >= 4 is 22.5 Å². The number of fused-ring (bicyclic) bond motifs is 1. The van der Waals surface area contributed by atoms with E-state index in [1.54, 1.807) is 13.3 Å². The summed E-state index contributed by atoms with van der Waals surface area (Å²) < 4.78 is 5.33. The molecule has 2 nitrogen and oxygen atoms in total. The van der Waals surface area contributed by atoms with Crippen molar-refractivity contribution in [2.75, 3.05) is 7.11 Å². The summed E-state index contributed by atoms with van der Waals surface area (Å²) in [5.41, 5.74) is 1.96. The molecule has 0 spiro atoms. The molecule has 0 N–H and O–H groups in total. The fourth-order valence-electron chi connectivity index (χ4n) is 2.10. The van der Waals surface area contributed by atoms with Crippen molar-refractivity contribution in [1.29, 1.82) is 0 Å². The molecule has 1 heterocycles. The minimum Gasteiger partial charge on any atom is -0.494 e. The molecule has 2 aromatic rings. The SMILES string of the molecule is COc1cccc2c(C(C)(C)C)c(Cl)cnc12. The molecule has 1 aromatic carbocycles. The van der Waals surface area contributed by atoms with Crippen LogP contribution in [0, 0.1) is 0 Å². The first-order valence-corrected chi connectivity index (χ1v) is 5.94. The Labute approximate surface area is 107 Å². The van der Waals surface area contributed by atoms with Crippen LogP contribution in [0.1, 0.15) is 26.3 Å². The summed E-state index contributed by atoms with van der Waals surface area (Å²) in [5.74, 6) is 0.782. The molecule has 0 fully saturated rings. The van der Waals surface area contributed by atoms with Crippen LogP contribution in [-0.2, 0) is 5.41 Å². The number of aromatic nitrogens is 1. The number of halogens is 1. The first kappa shape index (κ1) is 12.2. The molecular weight excluding hydrogens is 234 g/mol. The third-order valence-corrected chi connectivity index (χ3v) is 3.07. The van der Waals surface area contributed by atoms with Gasteiger partial charge >= 0.3 is 0 Å². The molecule has 0 atom stereocenters. The summed E-state index contributed by atoms with van der Waals surface area (Å²) in [7, 11) is 1.65. The van der Waals surface area contributed by atoms with Gasteiger partial charge in [-0.2, -0.15) is 0 Å². The van der Waals surface area contributed by atoms with Gasteiger partial charge in [-0.3, -0.25) is 4.98 Å². The minimum atomic E-state index is -0.0232. The van der Waals surface area contributed by atoms with E-state index in [-0.39, 0.29) is 5.41 Å². The first-order valence-electron chi connectivity index (χ1n) is 5.57. The number of pyridine rings is 1. The molecule has 0 radical (unpaired) electrons. The zero-order valence-corrected chi connectivity index (χ0v) is 11.3. The number of para-hydroxylation sites is 1. The molecule has 0 saturated heterocycles. The average Bonchev–Trinajstić information content (AvgIpc) is 2.25. The van der Waals surface area contributed by atoms with Crippen molar-refractivity contribution in [2.24, 2.45) is 0 Å². The van der Waals surface area contributed by atoms with E-state index >= 15 is 0 Å². The maximum absolute atomic E-state index is 6.28. The molecule has 0 aliphatic heterocycles. The highest BCUT2D eigenvalue weighted by atomic mass is 35.5. The van der Waals surface area contributed by atoms with Gasteiger partial charge in [0.15, 0.2) is 0 Å². The van der Waals surface area contributed by atoms with Crippen LogP contribution in [0.25, 0.3) is 10.9 Å². The van der Waals surface area contributed by atoms with Gasteiger partial charge in [-0.25, -0.2) is 0 Å². The van der Waals surface area contributed by atoms with Crippen molar-refractivity contribution in [3.8, 4) is 5.75 Å². The number of hydrogen-bond donors (Lipinski definition) is 0. The molecular formula is C14H16ClNO. The van der Waals surface area contributed by atoms with E-state index in [1.165, 1.54) is 0 Å². The van der Waals surface area contributed by atoms with Crippen LogP contribution >= 0.6 is 11.6 Å². The lowest BCUT2D eigenvalue weighted by molar-refractivity contribution is 0.419. The molecule has 2 rings (SSSR count). The highest BCUT2D eigenvalue weighted by Crippen LogP contribution is 2.37. The molecule has 0 aliphatic carbocycles. The molecule has 0 amide bonds. The lowest BCUT2D eigenvalue weighted by atomic mass is 9.85. The molecule has 0 aliphatic rings. The Hall–Kier alpha value is -1.28. The maximum Gasteiger partial charge on any atom is 0.145 e. The topological polar surface area (TPSA) is 22.1 Å². The van der Waals surface area contributed by atoms with E-state index in [2.05, 4.69) is 25.8 Å². The summed E-state index contributed by atoms with van der Waals surface area (Å²) in [5, 5.41) is 1.77. The van der Waals surface area contributed by atoms with Gasteiger partial charge in [-0.1, -0.05) is 44.5 Å². The van der Waals surface area contributed by atoms with E-state index in [4.69, 9.17) is 16.3 Å². The van der Waals surface area contributed by atoms with Crippen LogP contribution in [0.2, 0.25) is 5.02 Å². The van der Waals surface area contributed by atoms with Crippen molar-refractivity contribution < 1.29 is 4.74 Å². The van der Waals surface area contributed by atoms with Crippen LogP contribution in [0.3, 0.4) is 0 Å². The zero-order valence-electron chi connectivity index (χ0n) is 10.5. The predicted molar refractivity (Wildman–Crippen MR) is 72.0 cm³/mol. The molecule has 1 aromatic heterocycles. The summed E-state index contributed by atoms with van der Waals surface area (Å²) in [4.78, 5) is 4.37. The molecule has 0 saturated carbocycles. The minimum absolute atomic E-state index is 0.0232. The fourth-order valence-corrected chi connectivity index (χ4v) is 2.53. The zero-order chi connectivity index (χ0) is 12.6. The summed E-state index contributed by atoms with van der Waals surface area (Å²) >= 11 is 6.28. The highest BCUT2D eigenvalue weighted by molar-refractivity contribution is 6.32. The van der Waals surface area contributed by atoms with Gasteiger partial charge < -0.3 is 4.74 Å². The Bertz CT molecular complexity index is 558. The van der Waals surface area contributed by atoms with Gasteiger partial charge in [-0.05, 0) is 17.0 Å². The highest BCUT2D eigenvalue weighted by Gasteiger charge is 2.21. The van der Waals surface area contributed by atoms with Crippen LogP contribution in [0.15, 0.2) is 24.4 Å². The van der Waals surface area contributed by atoms with Gasteiger partial charge in [0.25, 0.3) is 0 Å². The second kappa shape index (κ2) is 4.19. The molecule has 90 valence electrons. The van der Waals surface area contributed by atoms with E-state index in [0.717, 1.165) is 22.2 Å². The number of ether oxygens (including phenoxy) is 1. The van der Waals surface area contributed by atoms with Crippen molar-refractivity contribution in [3.05, 3.63) is 35.0 Å². The van der Waals surface area contributed by atoms with Crippen molar-refractivity contribution in [3.63, 3.8) is 0 Å². The number of methoxy groups -OCH3 is 1. The van der Waals surface area contributed by atoms with Crippen LogP contribution in [-0.4, -0.2) is 12.1 Å². The van der Waals surface area contributed by atoms with E-state index in [0.29, 0.717) is 5.02 Å². The number of hydrogen-bond acceptors (Lipinski definition) is 2. The Morgan fingerprint density at radius 1 is 1.24 bits per heavy atom. The molecule has 0 unspecified atom stereocenters. The third-order valence-electron chi connectivity index (χ3n) is 2.78. The number of rotatable bonds is 1. The van der Waals surface area contributed by atoms with Gasteiger partial charge in [-0.15, -0.1) is 0 Å². The van der Waals surface area contributed by atoms with Crippen molar-refractivity contribution in [2.45, 2.75) is 26.2 Å². The Kier molecular flexibility index (Phi) is 3.00. The van der Waals surface area contributed by atoms with Gasteiger partial charge in [0, 0.05) is 11.6 Å². The Morgan fingerprint density at radius 3 is 2.53 bits per heavy atom. The summed E-state index contributed by atoms with van der Waals surface area (Å²) in [6.07, 6.45) is 1.70. The smallest absolute Gasteiger partial charge is 0.145 e. The number of nitrogens with zero attached hydrogens (tertiary/aromatic N) is 1. The molecule has 17 heavy (non-hydrogen) atoms. The van der Waals surface area contributed by atoms with Gasteiger partial charge in [0.05, 0.1) is 12.1 Å². The molecule has 3 heteroatoms. The van der Waals surface area contributed by atoms with Crippen LogP contribution in [0.5, 0.6) is 5.75 Å². The predicted octanol–water partition coefficient (Wildman–Crippen LogP) is 4.19. The lowest BCUT2D eigenvalue weighted by Gasteiger charge is -2.22. The Morgan fingerprint density at radius 2 is 1.94 bits per heavy atom.